The summed E-state index contributed by atoms with van der Waals surface area (Å²) >= 11 is 0. The molecule has 2 aliphatic rings. The number of nitrogens with zero attached hydrogens (tertiary/aromatic N) is 1. The molecular formula is C14H15NO4. The Hall–Kier alpha value is -1.88. The van der Waals surface area contributed by atoms with Crippen molar-refractivity contribution in [3.8, 4) is 0 Å². The summed E-state index contributed by atoms with van der Waals surface area (Å²) < 4.78 is 0. The second-order valence-electron chi connectivity index (χ2n) is 5.17. The van der Waals surface area contributed by atoms with Crippen LogP contribution in [0.1, 0.15) is 31.2 Å². The predicted molar refractivity (Wildman–Crippen MR) is 67.7 cm³/mol. The molecule has 1 aromatic carbocycles. The Bertz CT molecular complexity index is 519. The lowest BCUT2D eigenvalue weighted by atomic mass is 9.92. The van der Waals surface area contributed by atoms with Crippen LogP contribution in [0.25, 0.3) is 0 Å². The van der Waals surface area contributed by atoms with E-state index in [9.17, 15) is 9.59 Å². The van der Waals surface area contributed by atoms with Gasteiger partial charge >= 0.3 is 5.97 Å². The smallest absolute Gasteiger partial charge is 0.304 e. The lowest BCUT2D eigenvalue weighted by Gasteiger charge is -2.17. The fourth-order valence-corrected chi connectivity index (χ4v) is 2.57. The third kappa shape index (κ3) is 2.21. The SMILES string of the molecule is O=C(O)CC1(c2ccc(N3OCCC3=O)cc2)CC1. The minimum absolute atomic E-state index is 0.0422. The van der Waals surface area contributed by atoms with Gasteiger partial charge in [0, 0.05) is 5.41 Å². The van der Waals surface area contributed by atoms with Gasteiger partial charge in [0.1, 0.15) is 0 Å². The molecule has 0 atom stereocenters. The number of anilines is 1. The molecule has 1 aliphatic carbocycles. The molecule has 1 amide bonds. The summed E-state index contributed by atoms with van der Waals surface area (Å²) in [4.78, 5) is 27.7. The molecule has 1 aromatic rings. The van der Waals surface area contributed by atoms with Gasteiger partial charge in [-0.3, -0.25) is 14.4 Å². The maximum atomic E-state index is 11.5. The van der Waals surface area contributed by atoms with E-state index in [1.165, 1.54) is 5.06 Å². The molecular weight excluding hydrogens is 246 g/mol. The van der Waals surface area contributed by atoms with Crippen molar-refractivity contribution in [2.24, 2.45) is 0 Å². The fourth-order valence-electron chi connectivity index (χ4n) is 2.57. The van der Waals surface area contributed by atoms with Crippen molar-refractivity contribution >= 4 is 17.6 Å². The quantitative estimate of drug-likeness (QED) is 0.898. The third-order valence-corrected chi connectivity index (χ3v) is 3.82. The first-order valence-corrected chi connectivity index (χ1v) is 6.39. The number of hydroxylamine groups is 1. The molecule has 0 radical (unpaired) electrons. The van der Waals surface area contributed by atoms with E-state index in [4.69, 9.17) is 9.94 Å². The van der Waals surface area contributed by atoms with E-state index >= 15 is 0 Å². The van der Waals surface area contributed by atoms with Gasteiger partial charge in [0.05, 0.1) is 25.1 Å². The number of carbonyl (C=O) groups excluding carboxylic acids is 1. The zero-order chi connectivity index (χ0) is 13.5. The Balaban J connectivity index is 1.79. The van der Waals surface area contributed by atoms with Crippen LogP contribution in [0.4, 0.5) is 5.69 Å². The second-order valence-corrected chi connectivity index (χ2v) is 5.17. The van der Waals surface area contributed by atoms with Crippen molar-refractivity contribution in [3.63, 3.8) is 0 Å². The average molecular weight is 261 g/mol. The largest absolute Gasteiger partial charge is 0.481 e. The number of carboxylic acid groups (broad SMARTS) is 1. The molecule has 0 unspecified atom stereocenters. The summed E-state index contributed by atoms with van der Waals surface area (Å²) in [5.41, 5.74) is 1.54. The number of aliphatic carboxylic acids is 1. The molecule has 2 fully saturated rings. The van der Waals surface area contributed by atoms with E-state index in [1.807, 2.05) is 24.3 Å². The van der Waals surface area contributed by atoms with Crippen LogP contribution >= 0.6 is 0 Å². The Kier molecular flexibility index (Phi) is 2.78. The lowest BCUT2D eigenvalue weighted by Crippen LogP contribution is -2.22. The standard InChI is InChI=1S/C14H15NO4/c16-12-5-8-19-15(12)11-3-1-10(2-4-11)14(6-7-14)9-13(17)18/h1-4H,5-9H2,(H,17,18). The number of hydrogen-bond donors (Lipinski definition) is 1. The molecule has 0 spiro atoms. The number of benzene rings is 1. The van der Waals surface area contributed by atoms with Crippen LogP contribution in [-0.4, -0.2) is 23.6 Å². The van der Waals surface area contributed by atoms with E-state index in [0.29, 0.717) is 18.7 Å². The highest BCUT2D eigenvalue weighted by molar-refractivity contribution is 5.92. The Morgan fingerprint density at radius 1 is 1.32 bits per heavy atom. The van der Waals surface area contributed by atoms with Gasteiger partial charge in [-0.2, -0.15) is 5.06 Å². The van der Waals surface area contributed by atoms with Crippen molar-refractivity contribution < 1.29 is 19.5 Å². The molecule has 0 bridgehead atoms. The number of rotatable bonds is 4. The second kappa shape index (κ2) is 4.35. The summed E-state index contributed by atoms with van der Waals surface area (Å²) in [6, 6.07) is 7.45. The number of carboxylic acids is 1. The highest BCUT2D eigenvalue weighted by Crippen LogP contribution is 2.51. The van der Waals surface area contributed by atoms with Crippen molar-refractivity contribution in [2.45, 2.75) is 31.1 Å². The first kappa shape index (κ1) is 12.2. The maximum absolute atomic E-state index is 11.5. The molecule has 1 aliphatic heterocycles. The third-order valence-electron chi connectivity index (χ3n) is 3.82. The molecule has 5 nitrogen and oxygen atoms in total. The van der Waals surface area contributed by atoms with Crippen LogP contribution in [0.15, 0.2) is 24.3 Å². The van der Waals surface area contributed by atoms with Crippen LogP contribution < -0.4 is 5.06 Å². The van der Waals surface area contributed by atoms with Gasteiger partial charge in [-0.25, -0.2) is 0 Å². The van der Waals surface area contributed by atoms with Crippen LogP contribution in [0.3, 0.4) is 0 Å². The van der Waals surface area contributed by atoms with Crippen LogP contribution in [0.5, 0.6) is 0 Å². The number of amides is 1. The molecule has 1 heterocycles. The number of carbonyl (C=O) groups is 2. The molecule has 19 heavy (non-hydrogen) atoms. The predicted octanol–water partition coefficient (Wildman–Crippen LogP) is 1.86. The van der Waals surface area contributed by atoms with E-state index in [2.05, 4.69) is 0 Å². The molecule has 0 aromatic heterocycles. The Morgan fingerprint density at radius 3 is 2.47 bits per heavy atom. The summed E-state index contributed by atoms with van der Waals surface area (Å²) in [7, 11) is 0. The first-order valence-electron chi connectivity index (χ1n) is 6.39. The topological polar surface area (TPSA) is 66.8 Å². The van der Waals surface area contributed by atoms with E-state index in [1.54, 1.807) is 0 Å². The highest BCUT2D eigenvalue weighted by Gasteiger charge is 2.45. The van der Waals surface area contributed by atoms with Crippen molar-refractivity contribution in [1.82, 2.24) is 0 Å². The summed E-state index contributed by atoms with van der Waals surface area (Å²) in [5, 5.41) is 10.2. The zero-order valence-corrected chi connectivity index (χ0v) is 10.5. The van der Waals surface area contributed by atoms with Gasteiger partial charge in [-0.05, 0) is 30.5 Å². The van der Waals surface area contributed by atoms with E-state index in [0.717, 1.165) is 18.4 Å². The molecule has 1 N–H and O–H groups in total. The summed E-state index contributed by atoms with van der Waals surface area (Å²) in [6.45, 7) is 0.420. The van der Waals surface area contributed by atoms with Crippen LogP contribution in [0.2, 0.25) is 0 Å². The maximum Gasteiger partial charge on any atom is 0.304 e. The van der Waals surface area contributed by atoms with Crippen molar-refractivity contribution in [3.05, 3.63) is 29.8 Å². The molecule has 1 saturated carbocycles. The summed E-state index contributed by atoms with van der Waals surface area (Å²) in [6.07, 6.45) is 2.41. The van der Waals surface area contributed by atoms with Crippen LogP contribution in [0, 0.1) is 0 Å². The average Bonchev–Trinajstić information content (AvgIpc) is 3.02. The van der Waals surface area contributed by atoms with Crippen LogP contribution in [-0.2, 0) is 19.8 Å². The van der Waals surface area contributed by atoms with E-state index < -0.39 is 5.97 Å². The molecule has 1 saturated heterocycles. The molecule has 5 heteroatoms. The monoisotopic (exact) mass is 261 g/mol. The minimum Gasteiger partial charge on any atom is -0.481 e. The first-order chi connectivity index (χ1) is 9.11. The summed E-state index contributed by atoms with van der Waals surface area (Å²) in [5.74, 6) is -0.806. The molecule has 3 rings (SSSR count). The fraction of sp³-hybridized carbons (Fsp3) is 0.429. The van der Waals surface area contributed by atoms with Crippen molar-refractivity contribution in [1.29, 1.82) is 0 Å². The van der Waals surface area contributed by atoms with Gasteiger partial charge in [-0.1, -0.05) is 12.1 Å². The normalized spacial score (nSPS) is 20.6. The Morgan fingerprint density at radius 2 is 2.00 bits per heavy atom. The molecule has 100 valence electrons. The van der Waals surface area contributed by atoms with Gasteiger partial charge < -0.3 is 5.11 Å². The zero-order valence-electron chi connectivity index (χ0n) is 10.5. The Labute approximate surface area is 110 Å². The van der Waals surface area contributed by atoms with Gasteiger partial charge in [-0.15, -0.1) is 0 Å². The van der Waals surface area contributed by atoms with Crippen molar-refractivity contribution in [2.75, 3.05) is 11.7 Å². The lowest BCUT2D eigenvalue weighted by molar-refractivity contribution is -0.137. The van der Waals surface area contributed by atoms with E-state index in [-0.39, 0.29) is 17.7 Å². The van der Waals surface area contributed by atoms with Gasteiger partial charge in [0.15, 0.2) is 0 Å². The number of hydrogen-bond acceptors (Lipinski definition) is 3. The highest BCUT2D eigenvalue weighted by atomic mass is 16.7. The van der Waals surface area contributed by atoms with Gasteiger partial charge in [0.25, 0.3) is 5.91 Å². The van der Waals surface area contributed by atoms with Gasteiger partial charge in [0.2, 0.25) is 0 Å². The minimum atomic E-state index is -0.764.